The second-order valence-corrected chi connectivity index (χ2v) is 8.59. The van der Waals surface area contributed by atoms with Crippen molar-refractivity contribution >= 4 is 11.5 Å². The van der Waals surface area contributed by atoms with Crippen molar-refractivity contribution in [3.8, 4) is 17.6 Å². The van der Waals surface area contributed by atoms with Gasteiger partial charge in [-0.05, 0) is 48.0 Å². The van der Waals surface area contributed by atoms with Crippen LogP contribution in [0.2, 0.25) is 0 Å². The molecule has 0 saturated carbocycles. The highest BCUT2D eigenvalue weighted by Crippen LogP contribution is 2.34. The number of halogens is 3. The molecule has 0 aliphatic rings. The Morgan fingerprint density at radius 2 is 1.47 bits per heavy atom. The number of carbonyl (C=O) groups excluding carboxylic acids is 1. The Morgan fingerprint density at radius 3 is 2.09 bits per heavy atom. The number of carbonyl (C=O) groups is 1. The quantitative estimate of drug-likeness (QED) is 0.406. The van der Waals surface area contributed by atoms with E-state index in [9.17, 15) is 23.2 Å². The number of amides is 1. The van der Waals surface area contributed by atoms with Crippen molar-refractivity contribution in [1.82, 2.24) is 5.32 Å². The van der Waals surface area contributed by atoms with Gasteiger partial charge in [0.05, 0.1) is 11.1 Å². The first-order chi connectivity index (χ1) is 16.0. The molecule has 3 rings (SSSR count). The van der Waals surface area contributed by atoms with Crippen LogP contribution in [0.1, 0.15) is 42.3 Å². The number of benzene rings is 3. The second kappa shape index (κ2) is 9.84. The maximum Gasteiger partial charge on any atom is 0.416 e. The highest BCUT2D eigenvalue weighted by Gasteiger charge is 2.31. The molecular weight excluding hydrogens is 441 g/mol. The maximum atomic E-state index is 13.2. The zero-order valence-corrected chi connectivity index (χ0v) is 18.9. The molecule has 0 aliphatic carbocycles. The lowest BCUT2D eigenvalue weighted by molar-refractivity contribution is -0.137. The van der Waals surface area contributed by atoms with Crippen molar-refractivity contribution in [2.24, 2.45) is 5.41 Å². The Balaban J connectivity index is 1.97. The van der Waals surface area contributed by atoms with Crippen molar-refractivity contribution in [2.75, 3.05) is 0 Å². The standard InChI is InChI=1S/C27H23F3N2O2/c1-26(2,3)24(23(17-31)18-9-7-11-20(15-18)27(28,29)30)32-25(33)19-10-8-14-22(16-19)34-21-12-5-4-6-13-21/h4-16H,1-3H3,(H,32,33)/b24-23-. The van der Waals surface area contributed by atoms with Gasteiger partial charge in [-0.2, -0.15) is 18.4 Å². The molecule has 1 N–H and O–H groups in total. The molecule has 0 unspecified atom stereocenters. The van der Waals surface area contributed by atoms with Crippen LogP contribution >= 0.6 is 0 Å². The Labute approximate surface area is 196 Å². The van der Waals surface area contributed by atoms with Crippen molar-refractivity contribution in [1.29, 1.82) is 5.26 Å². The molecule has 0 fully saturated rings. The van der Waals surface area contributed by atoms with E-state index in [0.717, 1.165) is 12.1 Å². The van der Waals surface area contributed by atoms with Crippen LogP contribution in [0.3, 0.4) is 0 Å². The van der Waals surface area contributed by atoms with Crippen LogP contribution in [0.5, 0.6) is 11.5 Å². The van der Waals surface area contributed by atoms with Gasteiger partial charge in [0.1, 0.15) is 17.6 Å². The summed E-state index contributed by atoms with van der Waals surface area (Å²) in [6.45, 7) is 5.30. The first-order valence-electron chi connectivity index (χ1n) is 10.5. The van der Waals surface area contributed by atoms with E-state index in [4.69, 9.17) is 4.74 Å². The molecule has 0 atom stereocenters. The second-order valence-electron chi connectivity index (χ2n) is 8.59. The predicted molar refractivity (Wildman–Crippen MR) is 124 cm³/mol. The summed E-state index contributed by atoms with van der Waals surface area (Å²) in [4.78, 5) is 13.1. The van der Waals surface area contributed by atoms with Crippen LogP contribution < -0.4 is 10.1 Å². The minimum Gasteiger partial charge on any atom is -0.457 e. The third-order valence-electron chi connectivity index (χ3n) is 4.90. The number of ether oxygens (including phenoxy) is 1. The van der Waals surface area contributed by atoms with Crippen molar-refractivity contribution < 1.29 is 22.7 Å². The normalized spacial score (nSPS) is 12.4. The SMILES string of the molecule is CC(C)(C)/C(NC(=O)c1cccc(Oc2ccccc2)c1)=C(\C#N)c1cccc(C(F)(F)F)c1. The van der Waals surface area contributed by atoms with Crippen LogP contribution in [-0.2, 0) is 6.18 Å². The molecule has 4 nitrogen and oxygen atoms in total. The first-order valence-corrected chi connectivity index (χ1v) is 10.5. The fourth-order valence-electron chi connectivity index (χ4n) is 3.25. The summed E-state index contributed by atoms with van der Waals surface area (Å²) >= 11 is 0. The fourth-order valence-corrected chi connectivity index (χ4v) is 3.25. The molecule has 3 aromatic carbocycles. The summed E-state index contributed by atoms with van der Waals surface area (Å²) in [5, 5.41) is 12.6. The molecule has 0 aliphatic heterocycles. The van der Waals surface area contributed by atoms with Gasteiger partial charge in [0.2, 0.25) is 0 Å². The molecule has 0 heterocycles. The van der Waals surface area contributed by atoms with E-state index < -0.39 is 23.1 Å². The lowest BCUT2D eigenvalue weighted by Crippen LogP contribution is -2.31. The summed E-state index contributed by atoms with van der Waals surface area (Å²) in [7, 11) is 0. The van der Waals surface area contributed by atoms with Crippen LogP contribution in [0.15, 0.2) is 84.6 Å². The first kappa shape index (κ1) is 24.6. The number of hydrogen-bond acceptors (Lipinski definition) is 3. The molecule has 0 spiro atoms. The molecule has 0 saturated heterocycles. The van der Waals surface area contributed by atoms with E-state index in [-0.39, 0.29) is 22.4 Å². The van der Waals surface area contributed by atoms with Crippen LogP contribution in [0.4, 0.5) is 13.2 Å². The minimum absolute atomic E-state index is 0.0383. The molecular formula is C27H23F3N2O2. The van der Waals surface area contributed by atoms with Gasteiger partial charge in [-0.1, -0.05) is 57.2 Å². The number of nitrogens with one attached hydrogen (secondary N) is 1. The topological polar surface area (TPSA) is 62.1 Å². The summed E-state index contributed by atoms with van der Waals surface area (Å²) in [5.41, 5.74) is -1.09. The zero-order valence-electron chi connectivity index (χ0n) is 18.9. The number of hydrogen-bond donors (Lipinski definition) is 1. The third-order valence-corrected chi connectivity index (χ3v) is 4.90. The van der Waals surface area contributed by atoms with E-state index in [1.807, 2.05) is 24.3 Å². The van der Waals surface area contributed by atoms with Crippen LogP contribution in [0.25, 0.3) is 5.57 Å². The predicted octanol–water partition coefficient (Wildman–Crippen LogP) is 7.21. The molecule has 0 aromatic heterocycles. The molecule has 0 bridgehead atoms. The lowest BCUT2D eigenvalue weighted by Gasteiger charge is -2.26. The Morgan fingerprint density at radius 1 is 0.853 bits per heavy atom. The Bertz CT molecular complexity index is 1250. The molecule has 3 aromatic rings. The number of para-hydroxylation sites is 1. The summed E-state index contributed by atoms with van der Waals surface area (Å²) in [5.74, 6) is 0.535. The number of alkyl halides is 3. The van der Waals surface area contributed by atoms with Gasteiger partial charge < -0.3 is 10.1 Å². The molecule has 174 valence electrons. The van der Waals surface area contributed by atoms with E-state index in [2.05, 4.69) is 5.32 Å². The van der Waals surface area contributed by atoms with Gasteiger partial charge in [-0.25, -0.2) is 0 Å². The average Bonchev–Trinajstić information content (AvgIpc) is 2.79. The van der Waals surface area contributed by atoms with Crippen molar-refractivity contribution in [2.45, 2.75) is 26.9 Å². The van der Waals surface area contributed by atoms with E-state index in [1.165, 1.54) is 12.1 Å². The van der Waals surface area contributed by atoms with Gasteiger partial charge >= 0.3 is 6.18 Å². The zero-order chi connectivity index (χ0) is 24.9. The summed E-state index contributed by atoms with van der Waals surface area (Å²) < 4.78 is 45.4. The molecule has 7 heteroatoms. The number of rotatable bonds is 5. The fraction of sp³-hybridized carbons (Fsp3) is 0.185. The third kappa shape index (κ3) is 6.04. The lowest BCUT2D eigenvalue weighted by atomic mass is 9.86. The van der Waals surface area contributed by atoms with Gasteiger partial charge in [0.15, 0.2) is 0 Å². The summed E-state index contributed by atoms with van der Waals surface area (Å²) in [6.07, 6.45) is -4.55. The van der Waals surface area contributed by atoms with E-state index in [1.54, 1.807) is 57.2 Å². The van der Waals surface area contributed by atoms with Gasteiger partial charge in [0, 0.05) is 16.7 Å². The van der Waals surface area contributed by atoms with Crippen molar-refractivity contribution in [3.05, 3.63) is 101 Å². The van der Waals surface area contributed by atoms with Crippen LogP contribution in [0, 0.1) is 16.7 Å². The van der Waals surface area contributed by atoms with Crippen molar-refractivity contribution in [3.63, 3.8) is 0 Å². The number of allylic oxidation sites excluding steroid dienone is 2. The molecule has 1 amide bonds. The average molecular weight is 464 g/mol. The van der Waals surface area contributed by atoms with E-state index in [0.29, 0.717) is 11.5 Å². The minimum atomic E-state index is -4.55. The Hall–Kier alpha value is -4.05. The molecule has 34 heavy (non-hydrogen) atoms. The largest absolute Gasteiger partial charge is 0.457 e. The highest BCUT2D eigenvalue weighted by atomic mass is 19.4. The maximum absolute atomic E-state index is 13.2. The Kier molecular flexibility index (Phi) is 7.11. The molecule has 0 radical (unpaired) electrons. The number of nitrogens with zero attached hydrogens (tertiary/aromatic N) is 1. The monoisotopic (exact) mass is 464 g/mol. The number of nitriles is 1. The van der Waals surface area contributed by atoms with Crippen LogP contribution in [-0.4, -0.2) is 5.91 Å². The smallest absolute Gasteiger partial charge is 0.416 e. The van der Waals surface area contributed by atoms with E-state index >= 15 is 0 Å². The van der Waals surface area contributed by atoms with Gasteiger partial charge in [-0.3, -0.25) is 4.79 Å². The summed E-state index contributed by atoms with van der Waals surface area (Å²) in [6, 6.07) is 22.0. The van der Waals surface area contributed by atoms with Gasteiger partial charge in [-0.15, -0.1) is 0 Å². The van der Waals surface area contributed by atoms with Gasteiger partial charge in [0.25, 0.3) is 5.91 Å². The highest BCUT2D eigenvalue weighted by molar-refractivity contribution is 5.97.